The number of aromatic nitrogens is 4. The number of nitrogens with zero attached hydrogens (tertiary/aromatic N) is 4. The van der Waals surface area contributed by atoms with Crippen LogP contribution in [0.4, 0.5) is 0 Å². The third-order valence-corrected chi connectivity index (χ3v) is 5.29. The van der Waals surface area contributed by atoms with E-state index in [4.69, 9.17) is 4.74 Å². The summed E-state index contributed by atoms with van der Waals surface area (Å²) < 4.78 is 7.70. The van der Waals surface area contributed by atoms with Gasteiger partial charge in [-0.2, -0.15) is 4.68 Å². The van der Waals surface area contributed by atoms with Crippen molar-refractivity contribution in [1.82, 2.24) is 25.5 Å². The van der Waals surface area contributed by atoms with Crippen molar-refractivity contribution in [3.8, 4) is 5.69 Å². The highest BCUT2D eigenvalue weighted by Gasteiger charge is 2.41. The summed E-state index contributed by atoms with van der Waals surface area (Å²) in [6.45, 7) is 2.43. The fourth-order valence-corrected chi connectivity index (χ4v) is 4.00. The largest absolute Gasteiger partial charge is 0.373 e. The van der Waals surface area contributed by atoms with E-state index in [1.54, 1.807) is 4.68 Å². The molecule has 4 rings (SSSR count). The molecule has 2 aromatic rings. The number of rotatable bonds is 3. The molecule has 7 nitrogen and oxygen atoms in total. The van der Waals surface area contributed by atoms with Gasteiger partial charge in [0, 0.05) is 5.56 Å². The van der Waals surface area contributed by atoms with E-state index < -0.39 is 0 Å². The number of hydrogen-bond acceptors (Lipinski definition) is 5. The van der Waals surface area contributed by atoms with Gasteiger partial charge < -0.3 is 10.1 Å². The number of ether oxygens (including phenoxy) is 1. The summed E-state index contributed by atoms with van der Waals surface area (Å²) in [6, 6.07) is 7.44. The van der Waals surface area contributed by atoms with Crippen molar-refractivity contribution in [3.63, 3.8) is 0 Å². The lowest BCUT2D eigenvalue weighted by atomic mass is 9.82. The highest BCUT2D eigenvalue weighted by atomic mass is 16.5. The van der Waals surface area contributed by atoms with Crippen LogP contribution in [-0.4, -0.2) is 44.4 Å². The molecule has 1 saturated carbocycles. The fraction of sp³-hybridized carbons (Fsp3) is 0.556. The lowest BCUT2D eigenvalue weighted by molar-refractivity contribution is -0.0246. The summed E-state index contributed by atoms with van der Waals surface area (Å²) in [7, 11) is 0. The van der Waals surface area contributed by atoms with Crippen LogP contribution in [0.15, 0.2) is 24.3 Å². The topological polar surface area (TPSA) is 81.9 Å². The van der Waals surface area contributed by atoms with Gasteiger partial charge in [-0.15, -0.1) is 5.10 Å². The molecule has 1 aliphatic heterocycles. The Morgan fingerprint density at radius 1 is 1.32 bits per heavy atom. The van der Waals surface area contributed by atoms with E-state index >= 15 is 0 Å². The van der Waals surface area contributed by atoms with Gasteiger partial charge in [-0.05, 0) is 54.8 Å². The van der Waals surface area contributed by atoms with E-state index in [9.17, 15) is 4.79 Å². The number of nitrogens with one attached hydrogen (secondary N) is 1. The predicted octanol–water partition coefficient (Wildman–Crippen LogP) is 2.19. The monoisotopic (exact) mass is 341 g/mol. The van der Waals surface area contributed by atoms with Crippen LogP contribution in [0.1, 0.15) is 54.7 Å². The fourth-order valence-electron chi connectivity index (χ4n) is 4.00. The quantitative estimate of drug-likeness (QED) is 0.925. The molecule has 1 aromatic carbocycles. The first-order valence-corrected chi connectivity index (χ1v) is 8.95. The van der Waals surface area contributed by atoms with Gasteiger partial charge in [-0.25, -0.2) is 0 Å². The molecule has 1 amide bonds. The standard InChI is InChI=1S/C18H23N5O2/c1-13-20-21-22-23(13)16-7-5-6-14(10-16)17(24)19-15-11-18(25-12-15)8-3-2-4-9-18/h5-7,10,15H,2-4,8-9,11-12H2,1H3,(H,19,24)/t15-/m1/s1. The van der Waals surface area contributed by atoms with E-state index in [1.807, 2.05) is 31.2 Å². The van der Waals surface area contributed by atoms with E-state index in [1.165, 1.54) is 19.3 Å². The number of carbonyl (C=O) groups is 1. The Morgan fingerprint density at radius 3 is 2.92 bits per heavy atom. The zero-order chi connectivity index (χ0) is 17.3. The van der Waals surface area contributed by atoms with Crippen LogP contribution in [-0.2, 0) is 4.74 Å². The van der Waals surface area contributed by atoms with Crippen LogP contribution in [0.3, 0.4) is 0 Å². The van der Waals surface area contributed by atoms with Gasteiger partial charge in [0.2, 0.25) is 0 Å². The third kappa shape index (κ3) is 3.28. The molecule has 25 heavy (non-hydrogen) atoms. The minimum atomic E-state index is -0.0750. The summed E-state index contributed by atoms with van der Waals surface area (Å²) in [5, 5.41) is 14.6. The Labute approximate surface area is 146 Å². The second-order valence-corrected chi connectivity index (χ2v) is 7.12. The molecule has 2 heterocycles. The van der Waals surface area contributed by atoms with Crippen molar-refractivity contribution >= 4 is 5.91 Å². The maximum absolute atomic E-state index is 12.7. The first-order chi connectivity index (χ1) is 12.2. The van der Waals surface area contributed by atoms with E-state index in [-0.39, 0.29) is 17.6 Å². The minimum Gasteiger partial charge on any atom is -0.373 e. The Balaban J connectivity index is 1.44. The average molecular weight is 341 g/mol. The Hall–Kier alpha value is -2.28. The highest BCUT2D eigenvalue weighted by molar-refractivity contribution is 5.95. The van der Waals surface area contributed by atoms with E-state index in [2.05, 4.69) is 20.8 Å². The van der Waals surface area contributed by atoms with Gasteiger partial charge >= 0.3 is 0 Å². The first-order valence-electron chi connectivity index (χ1n) is 8.95. The molecular formula is C18H23N5O2. The van der Waals surface area contributed by atoms with Crippen LogP contribution in [0, 0.1) is 6.92 Å². The third-order valence-electron chi connectivity index (χ3n) is 5.29. The lowest BCUT2D eigenvalue weighted by Gasteiger charge is -2.32. The van der Waals surface area contributed by atoms with Gasteiger partial charge in [0.1, 0.15) is 0 Å². The molecular weight excluding hydrogens is 318 g/mol. The predicted molar refractivity (Wildman–Crippen MR) is 91.5 cm³/mol. The van der Waals surface area contributed by atoms with E-state index in [0.717, 1.165) is 24.9 Å². The van der Waals surface area contributed by atoms with Gasteiger partial charge in [-0.3, -0.25) is 4.79 Å². The first kappa shape index (κ1) is 16.2. The Morgan fingerprint density at radius 2 is 2.16 bits per heavy atom. The molecule has 1 spiro atoms. The average Bonchev–Trinajstić information content (AvgIpc) is 3.22. The van der Waals surface area contributed by atoms with Crippen molar-refractivity contribution in [2.75, 3.05) is 6.61 Å². The van der Waals surface area contributed by atoms with Gasteiger partial charge in [-0.1, -0.05) is 25.3 Å². The second kappa shape index (κ2) is 6.55. The van der Waals surface area contributed by atoms with Crippen molar-refractivity contribution in [2.45, 2.75) is 57.1 Å². The maximum atomic E-state index is 12.7. The summed E-state index contributed by atoms with van der Waals surface area (Å²) in [4.78, 5) is 12.7. The minimum absolute atomic E-state index is 0.00154. The van der Waals surface area contributed by atoms with E-state index in [0.29, 0.717) is 18.0 Å². The zero-order valence-corrected chi connectivity index (χ0v) is 14.4. The summed E-state index contributed by atoms with van der Waals surface area (Å²) >= 11 is 0. The molecule has 0 radical (unpaired) electrons. The van der Waals surface area contributed by atoms with Crippen LogP contribution in [0.2, 0.25) is 0 Å². The van der Waals surface area contributed by atoms with Gasteiger partial charge in [0.05, 0.1) is 23.9 Å². The maximum Gasteiger partial charge on any atom is 0.251 e. The van der Waals surface area contributed by atoms with Crippen molar-refractivity contribution in [3.05, 3.63) is 35.7 Å². The SMILES string of the molecule is Cc1nnnn1-c1cccc(C(=O)N[C@H]2COC3(CCCCC3)C2)c1. The second-order valence-electron chi connectivity index (χ2n) is 7.12. The van der Waals surface area contributed by atoms with Crippen molar-refractivity contribution in [1.29, 1.82) is 0 Å². The van der Waals surface area contributed by atoms with Crippen LogP contribution >= 0.6 is 0 Å². The molecule has 2 fully saturated rings. The van der Waals surface area contributed by atoms with Gasteiger partial charge in [0.25, 0.3) is 5.91 Å². The Bertz CT molecular complexity index is 766. The molecule has 2 aliphatic rings. The summed E-state index contributed by atoms with van der Waals surface area (Å²) in [5.41, 5.74) is 1.39. The summed E-state index contributed by atoms with van der Waals surface area (Å²) in [6.07, 6.45) is 6.92. The lowest BCUT2D eigenvalue weighted by Crippen LogP contribution is -2.37. The normalized spacial score (nSPS) is 22.2. The molecule has 0 unspecified atom stereocenters. The number of tetrazole rings is 1. The highest BCUT2D eigenvalue weighted by Crippen LogP contribution is 2.39. The van der Waals surface area contributed by atoms with Crippen molar-refractivity contribution in [2.24, 2.45) is 0 Å². The zero-order valence-electron chi connectivity index (χ0n) is 14.4. The molecule has 1 saturated heterocycles. The summed E-state index contributed by atoms with van der Waals surface area (Å²) in [5.74, 6) is 0.607. The van der Waals surface area contributed by atoms with Gasteiger partial charge in [0.15, 0.2) is 5.82 Å². The van der Waals surface area contributed by atoms with Crippen LogP contribution < -0.4 is 5.32 Å². The molecule has 132 valence electrons. The smallest absolute Gasteiger partial charge is 0.251 e. The number of aryl methyl sites for hydroxylation is 1. The Kier molecular flexibility index (Phi) is 4.25. The number of hydrogen-bond donors (Lipinski definition) is 1. The van der Waals surface area contributed by atoms with Crippen molar-refractivity contribution < 1.29 is 9.53 Å². The molecule has 0 bridgehead atoms. The van der Waals surface area contributed by atoms with Crippen LogP contribution in [0.25, 0.3) is 5.69 Å². The molecule has 1 atom stereocenters. The molecule has 1 N–H and O–H groups in total. The number of carbonyl (C=O) groups excluding carboxylic acids is 1. The number of amides is 1. The molecule has 1 aromatic heterocycles. The number of benzene rings is 1. The van der Waals surface area contributed by atoms with Crippen LogP contribution in [0.5, 0.6) is 0 Å². The molecule has 1 aliphatic carbocycles. The molecule has 7 heteroatoms.